The lowest BCUT2D eigenvalue weighted by Gasteiger charge is -2.37. The number of ether oxygens (including phenoxy) is 1. The Labute approximate surface area is 248 Å². The van der Waals surface area contributed by atoms with Gasteiger partial charge in [-0.1, -0.05) is 36.8 Å². The summed E-state index contributed by atoms with van der Waals surface area (Å²) in [5.74, 6) is -0.261. The molecule has 3 aromatic rings. The number of aromatic nitrogens is 3. The lowest BCUT2D eigenvalue weighted by atomic mass is 9.84. The van der Waals surface area contributed by atoms with Crippen LogP contribution >= 0.6 is 22.9 Å². The highest BCUT2D eigenvalue weighted by atomic mass is 35.5. The van der Waals surface area contributed by atoms with E-state index >= 15 is 0 Å². The van der Waals surface area contributed by atoms with Gasteiger partial charge < -0.3 is 14.7 Å². The fourth-order valence-corrected chi connectivity index (χ4v) is 6.83. The summed E-state index contributed by atoms with van der Waals surface area (Å²) >= 11 is 7.90. The van der Waals surface area contributed by atoms with E-state index in [-0.39, 0.29) is 17.0 Å². The molecule has 12 heteroatoms. The quantitative estimate of drug-likeness (QED) is 0.349. The molecule has 4 heterocycles. The number of amides is 1. The Balaban J connectivity index is 1.33. The summed E-state index contributed by atoms with van der Waals surface area (Å²) in [4.78, 5) is 43.4. The van der Waals surface area contributed by atoms with Crippen LogP contribution in [-0.4, -0.2) is 70.1 Å². The van der Waals surface area contributed by atoms with Crippen molar-refractivity contribution in [2.75, 3.05) is 43.5 Å². The van der Waals surface area contributed by atoms with Gasteiger partial charge in [0.1, 0.15) is 17.3 Å². The number of carbonyl (C=O) groups excluding carboxylic acids is 1. The number of hydrogen-bond acceptors (Lipinski definition) is 9. The molecule has 0 bridgehead atoms. The van der Waals surface area contributed by atoms with Gasteiger partial charge in [-0.3, -0.25) is 19.8 Å². The molecule has 2 aromatic heterocycles. The van der Waals surface area contributed by atoms with E-state index in [4.69, 9.17) is 21.3 Å². The van der Waals surface area contributed by atoms with Gasteiger partial charge in [0.25, 0.3) is 5.91 Å². The molecule has 0 radical (unpaired) electrons. The Kier molecular flexibility index (Phi) is 8.77. The zero-order chi connectivity index (χ0) is 29.1. The summed E-state index contributed by atoms with van der Waals surface area (Å²) in [6.45, 7) is 8.50. The third kappa shape index (κ3) is 6.97. The van der Waals surface area contributed by atoms with Gasteiger partial charge in [-0.15, -0.1) is 0 Å². The van der Waals surface area contributed by atoms with Gasteiger partial charge in [0.2, 0.25) is 0 Å². The van der Waals surface area contributed by atoms with Crippen molar-refractivity contribution < 1.29 is 19.4 Å². The van der Waals surface area contributed by atoms with Crippen LogP contribution in [0.15, 0.2) is 30.6 Å². The first-order valence-corrected chi connectivity index (χ1v) is 15.0. The average molecular weight is 599 g/mol. The molecule has 2 fully saturated rings. The largest absolute Gasteiger partial charge is 0.495 e. The zero-order valence-corrected chi connectivity index (χ0v) is 25.1. The maximum atomic E-state index is 13.1. The van der Waals surface area contributed by atoms with Gasteiger partial charge in [0.05, 0.1) is 36.1 Å². The number of nitrogens with one attached hydrogen (secondary N) is 1. The molecule has 2 N–H and O–H groups in total. The highest BCUT2D eigenvalue weighted by Crippen LogP contribution is 2.37. The number of anilines is 2. The molecule has 2 saturated heterocycles. The number of piperidine rings is 2. The number of benzene rings is 1. The van der Waals surface area contributed by atoms with Crippen molar-refractivity contribution >= 4 is 45.8 Å². The van der Waals surface area contributed by atoms with E-state index < -0.39 is 11.9 Å². The van der Waals surface area contributed by atoms with Crippen molar-refractivity contribution in [3.63, 3.8) is 0 Å². The Bertz CT molecular complexity index is 1400. The van der Waals surface area contributed by atoms with Crippen LogP contribution in [-0.2, 0) is 11.3 Å². The smallest absolute Gasteiger partial charge is 0.306 e. The maximum absolute atomic E-state index is 13.1. The normalized spacial score (nSPS) is 17.8. The monoisotopic (exact) mass is 598 g/mol. The van der Waals surface area contributed by atoms with Gasteiger partial charge in [0.15, 0.2) is 5.13 Å². The minimum atomic E-state index is -0.758. The van der Waals surface area contributed by atoms with Crippen LogP contribution < -0.4 is 15.0 Å². The van der Waals surface area contributed by atoms with Crippen LogP contribution in [0.3, 0.4) is 0 Å². The minimum Gasteiger partial charge on any atom is -0.495 e. The van der Waals surface area contributed by atoms with Crippen LogP contribution in [0.1, 0.15) is 54.9 Å². The van der Waals surface area contributed by atoms with Gasteiger partial charge in [-0.25, -0.2) is 15.0 Å². The third-order valence-electron chi connectivity index (χ3n) is 7.73. The van der Waals surface area contributed by atoms with Gasteiger partial charge >= 0.3 is 5.97 Å². The molecular formula is C29H35ClN6O4S. The topological polar surface area (TPSA) is 121 Å². The Morgan fingerprint density at radius 2 is 1.98 bits per heavy atom. The second-order valence-electron chi connectivity index (χ2n) is 11.4. The molecule has 218 valence electrons. The highest BCUT2D eigenvalue weighted by Gasteiger charge is 2.28. The number of carboxylic acid groups (broad SMARTS) is 1. The maximum Gasteiger partial charge on any atom is 0.306 e. The lowest BCUT2D eigenvalue weighted by Crippen LogP contribution is -2.39. The number of nitrogens with zero attached hydrogens (tertiary/aromatic N) is 5. The SMILES string of the molecule is COc1ccc(-c2nc(NC(=O)c3cnc(N4CCC(C(=O)O)CC4)cn3)sc2CN2CCCC(C)(C)C2)cc1Cl. The summed E-state index contributed by atoms with van der Waals surface area (Å²) in [5.41, 5.74) is 2.07. The highest BCUT2D eigenvalue weighted by molar-refractivity contribution is 7.16. The number of thiazole rings is 1. The molecule has 0 atom stereocenters. The Morgan fingerprint density at radius 1 is 1.20 bits per heavy atom. The fraction of sp³-hybridized carbons (Fsp3) is 0.483. The van der Waals surface area contributed by atoms with E-state index in [0.29, 0.717) is 47.7 Å². The number of rotatable bonds is 8. The van der Waals surface area contributed by atoms with E-state index in [2.05, 4.69) is 34.0 Å². The predicted octanol–water partition coefficient (Wildman–Crippen LogP) is 5.44. The predicted molar refractivity (Wildman–Crippen MR) is 160 cm³/mol. The van der Waals surface area contributed by atoms with E-state index in [9.17, 15) is 14.7 Å². The second-order valence-corrected chi connectivity index (χ2v) is 12.9. The molecule has 0 saturated carbocycles. The van der Waals surface area contributed by atoms with Crippen LogP contribution in [0, 0.1) is 11.3 Å². The first kappa shape index (κ1) is 29.2. The molecule has 2 aliphatic rings. The number of hydrogen-bond donors (Lipinski definition) is 2. The fourth-order valence-electron chi connectivity index (χ4n) is 5.55. The van der Waals surface area contributed by atoms with E-state index in [1.807, 2.05) is 23.1 Å². The number of aliphatic carboxylic acids is 1. The van der Waals surface area contributed by atoms with Crippen LogP contribution in [0.4, 0.5) is 10.9 Å². The van der Waals surface area contributed by atoms with Crippen molar-refractivity contribution in [2.24, 2.45) is 11.3 Å². The second kappa shape index (κ2) is 12.3. The Hall–Kier alpha value is -3.28. The lowest BCUT2D eigenvalue weighted by molar-refractivity contribution is -0.142. The van der Waals surface area contributed by atoms with Crippen molar-refractivity contribution in [3.05, 3.63) is 46.2 Å². The number of carbonyl (C=O) groups is 2. The van der Waals surface area contributed by atoms with Crippen LogP contribution in [0.2, 0.25) is 5.02 Å². The van der Waals surface area contributed by atoms with Crippen molar-refractivity contribution in [1.29, 1.82) is 0 Å². The molecule has 0 aliphatic carbocycles. The van der Waals surface area contributed by atoms with Gasteiger partial charge in [-0.05, 0) is 55.8 Å². The van der Waals surface area contributed by atoms with Crippen LogP contribution in [0.5, 0.6) is 5.75 Å². The molecule has 5 rings (SSSR count). The summed E-state index contributed by atoms with van der Waals surface area (Å²) in [5, 5.41) is 13.1. The molecule has 0 spiro atoms. The molecule has 2 aliphatic heterocycles. The first-order chi connectivity index (χ1) is 19.6. The average Bonchev–Trinajstić information content (AvgIpc) is 3.34. The third-order valence-corrected chi connectivity index (χ3v) is 8.98. The Morgan fingerprint density at radius 3 is 2.61 bits per heavy atom. The van der Waals surface area contributed by atoms with E-state index in [1.54, 1.807) is 13.3 Å². The number of likely N-dealkylation sites (tertiary alicyclic amines) is 1. The minimum absolute atomic E-state index is 0.178. The van der Waals surface area contributed by atoms with Crippen molar-refractivity contribution in [2.45, 2.75) is 46.1 Å². The summed E-state index contributed by atoms with van der Waals surface area (Å²) in [6.07, 6.45) is 6.47. The number of halogens is 1. The molecule has 10 nitrogen and oxygen atoms in total. The molecule has 0 unspecified atom stereocenters. The van der Waals surface area contributed by atoms with Gasteiger partial charge in [-0.2, -0.15) is 0 Å². The number of carboxylic acids is 1. The number of methoxy groups -OCH3 is 1. The van der Waals surface area contributed by atoms with E-state index in [0.717, 1.165) is 42.2 Å². The van der Waals surface area contributed by atoms with Gasteiger partial charge in [0, 0.05) is 36.6 Å². The van der Waals surface area contributed by atoms with Crippen molar-refractivity contribution in [3.8, 4) is 17.0 Å². The van der Waals surface area contributed by atoms with E-state index in [1.165, 1.54) is 24.0 Å². The molecule has 1 amide bonds. The summed E-state index contributed by atoms with van der Waals surface area (Å²) < 4.78 is 5.32. The van der Waals surface area contributed by atoms with Crippen molar-refractivity contribution in [1.82, 2.24) is 19.9 Å². The summed E-state index contributed by atoms with van der Waals surface area (Å²) in [6, 6.07) is 5.59. The molecule has 41 heavy (non-hydrogen) atoms. The first-order valence-electron chi connectivity index (χ1n) is 13.8. The van der Waals surface area contributed by atoms with Crippen LogP contribution in [0.25, 0.3) is 11.3 Å². The summed E-state index contributed by atoms with van der Waals surface area (Å²) in [7, 11) is 1.58. The molecule has 1 aromatic carbocycles. The zero-order valence-electron chi connectivity index (χ0n) is 23.5. The molecular weight excluding hydrogens is 564 g/mol. The standard InChI is InChI=1S/C29H35ClN6O4S/c1-29(2)9-4-10-35(17-29)16-23-25(19-5-6-22(40-3)20(30)13-19)33-28(41-23)34-26(37)21-14-32-24(15-31-21)36-11-7-18(8-12-36)27(38)39/h5-6,13-15,18H,4,7-12,16-17H2,1-3H3,(H,38,39)(H,33,34,37).